The van der Waals surface area contributed by atoms with Crippen molar-refractivity contribution in [1.82, 2.24) is 9.88 Å². The highest BCUT2D eigenvalue weighted by Crippen LogP contribution is 2.34. The summed E-state index contributed by atoms with van der Waals surface area (Å²) in [6, 6.07) is 5.57. The largest absolute Gasteiger partial charge is 0.480 e. The summed E-state index contributed by atoms with van der Waals surface area (Å²) in [5.41, 5.74) is 0.988. The van der Waals surface area contributed by atoms with Crippen LogP contribution in [0.3, 0.4) is 0 Å². The Kier molecular flexibility index (Phi) is 6.65. The van der Waals surface area contributed by atoms with E-state index in [1.807, 2.05) is 45.9 Å². The van der Waals surface area contributed by atoms with Gasteiger partial charge in [-0.15, -0.1) is 0 Å². The molecule has 1 aromatic rings. The number of aliphatic carboxylic acids is 1. The van der Waals surface area contributed by atoms with Crippen molar-refractivity contribution in [3.05, 3.63) is 30.1 Å². The molecule has 1 fully saturated rings. The van der Waals surface area contributed by atoms with Crippen LogP contribution in [0.2, 0.25) is 0 Å². The summed E-state index contributed by atoms with van der Waals surface area (Å²) in [6.07, 6.45) is 3.81. The third kappa shape index (κ3) is 3.79. The summed E-state index contributed by atoms with van der Waals surface area (Å²) < 4.78 is 0. The van der Waals surface area contributed by atoms with E-state index in [0.717, 1.165) is 25.1 Å². The van der Waals surface area contributed by atoms with Crippen LogP contribution >= 0.6 is 0 Å². The van der Waals surface area contributed by atoms with Crippen LogP contribution in [0.5, 0.6) is 0 Å². The number of pyridine rings is 1. The first-order valence-corrected chi connectivity index (χ1v) is 7.50. The normalized spacial score (nSPS) is 20.4. The Morgan fingerprint density at radius 2 is 2.10 bits per heavy atom. The lowest BCUT2D eigenvalue weighted by Crippen LogP contribution is -2.44. The summed E-state index contributed by atoms with van der Waals surface area (Å²) in [7, 11) is 0. The summed E-state index contributed by atoms with van der Waals surface area (Å²) in [4.78, 5) is 17.9. The number of carboxylic acids is 1. The lowest BCUT2D eigenvalue weighted by Gasteiger charge is -2.32. The Balaban J connectivity index is 0.000000956. The molecule has 1 aromatic heterocycles. The van der Waals surface area contributed by atoms with Crippen LogP contribution in [0.4, 0.5) is 0 Å². The number of hydrogen-bond acceptors (Lipinski definition) is 3. The molecule has 1 N–H and O–H groups in total. The van der Waals surface area contributed by atoms with Crippen molar-refractivity contribution in [1.29, 1.82) is 0 Å². The molecular weight excluding hydrogens is 252 g/mol. The minimum atomic E-state index is -0.729. The predicted octanol–water partition coefficient (Wildman–Crippen LogP) is 3.35. The SMILES string of the molecule is CC.CC(C)C(C(=O)O)N1CCC[C@@H]1c1ccccn1. The zero-order valence-corrected chi connectivity index (χ0v) is 12.9. The average molecular weight is 278 g/mol. The van der Waals surface area contributed by atoms with Gasteiger partial charge in [0.05, 0.1) is 11.7 Å². The highest BCUT2D eigenvalue weighted by molar-refractivity contribution is 5.74. The predicted molar refractivity (Wildman–Crippen MR) is 80.5 cm³/mol. The molecule has 2 heterocycles. The van der Waals surface area contributed by atoms with Gasteiger partial charge in [0, 0.05) is 6.20 Å². The maximum absolute atomic E-state index is 11.4. The van der Waals surface area contributed by atoms with E-state index >= 15 is 0 Å². The molecule has 4 heteroatoms. The van der Waals surface area contributed by atoms with Gasteiger partial charge in [-0.05, 0) is 37.4 Å². The van der Waals surface area contributed by atoms with E-state index in [-0.39, 0.29) is 12.0 Å². The number of rotatable bonds is 4. The van der Waals surface area contributed by atoms with Crippen molar-refractivity contribution in [3.8, 4) is 0 Å². The summed E-state index contributed by atoms with van der Waals surface area (Å²) in [5.74, 6) is -0.625. The van der Waals surface area contributed by atoms with E-state index in [1.165, 1.54) is 0 Å². The van der Waals surface area contributed by atoms with Gasteiger partial charge in [0.1, 0.15) is 6.04 Å². The third-order valence-electron chi connectivity index (χ3n) is 3.57. The molecule has 2 atom stereocenters. The molecule has 112 valence electrons. The average Bonchev–Trinajstić information content (AvgIpc) is 2.90. The van der Waals surface area contributed by atoms with E-state index in [4.69, 9.17) is 0 Å². The minimum absolute atomic E-state index is 0.104. The number of hydrogen-bond donors (Lipinski definition) is 1. The second-order valence-corrected chi connectivity index (χ2v) is 5.18. The Labute approximate surface area is 121 Å². The first kappa shape index (κ1) is 16.6. The van der Waals surface area contributed by atoms with Crippen LogP contribution in [-0.4, -0.2) is 33.5 Å². The second kappa shape index (κ2) is 8.00. The van der Waals surface area contributed by atoms with Gasteiger partial charge in [-0.2, -0.15) is 0 Å². The van der Waals surface area contributed by atoms with Crippen LogP contribution in [0, 0.1) is 5.92 Å². The molecule has 1 aliphatic heterocycles. The Bertz CT molecular complexity index is 406. The molecule has 0 aliphatic carbocycles. The summed E-state index contributed by atoms with van der Waals surface area (Å²) in [5, 5.41) is 9.41. The van der Waals surface area contributed by atoms with Crippen molar-refractivity contribution in [3.63, 3.8) is 0 Å². The number of carboxylic acid groups (broad SMARTS) is 1. The highest BCUT2D eigenvalue weighted by Gasteiger charge is 2.37. The van der Waals surface area contributed by atoms with Gasteiger partial charge in [0.25, 0.3) is 0 Å². The minimum Gasteiger partial charge on any atom is -0.480 e. The summed E-state index contributed by atoms with van der Waals surface area (Å²) >= 11 is 0. The van der Waals surface area contributed by atoms with Gasteiger partial charge in [-0.3, -0.25) is 14.7 Å². The van der Waals surface area contributed by atoms with Crippen molar-refractivity contribution in [2.45, 2.75) is 52.6 Å². The number of nitrogens with zero attached hydrogens (tertiary/aromatic N) is 2. The Hall–Kier alpha value is -1.42. The fourth-order valence-electron chi connectivity index (χ4n) is 2.82. The van der Waals surface area contributed by atoms with Crippen LogP contribution in [0.1, 0.15) is 52.3 Å². The van der Waals surface area contributed by atoms with Crippen molar-refractivity contribution in [2.75, 3.05) is 6.54 Å². The lowest BCUT2D eigenvalue weighted by molar-refractivity contribution is -0.145. The quantitative estimate of drug-likeness (QED) is 0.917. The Morgan fingerprint density at radius 1 is 1.40 bits per heavy atom. The van der Waals surface area contributed by atoms with Crippen LogP contribution in [0.15, 0.2) is 24.4 Å². The monoisotopic (exact) mass is 278 g/mol. The van der Waals surface area contributed by atoms with E-state index in [0.29, 0.717) is 0 Å². The van der Waals surface area contributed by atoms with Gasteiger partial charge in [0.2, 0.25) is 0 Å². The molecule has 0 saturated carbocycles. The van der Waals surface area contributed by atoms with E-state index in [2.05, 4.69) is 9.88 Å². The molecule has 20 heavy (non-hydrogen) atoms. The molecule has 1 unspecified atom stereocenters. The van der Waals surface area contributed by atoms with Crippen LogP contribution < -0.4 is 0 Å². The molecule has 0 aromatic carbocycles. The van der Waals surface area contributed by atoms with Gasteiger partial charge < -0.3 is 5.11 Å². The smallest absolute Gasteiger partial charge is 0.321 e. The number of carbonyl (C=O) groups is 1. The van der Waals surface area contributed by atoms with Gasteiger partial charge in [-0.1, -0.05) is 33.8 Å². The van der Waals surface area contributed by atoms with Gasteiger partial charge in [-0.25, -0.2) is 0 Å². The van der Waals surface area contributed by atoms with Gasteiger partial charge in [0.15, 0.2) is 0 Å². The molecule has 4 nitrogen and oxygen atoms in total. The van der Waals surface area contributed by atoms with Crippen LogP contribution in [0.25, 0.3) is 0 Å². The molecule has 0 spiro atoms. The molecule has 0 radical (unpaired) electrons. The van der Waals surface area contributed by atoms with Crippen molar-refractivity contribution >= 4 is 5.97 Å². The number of aromatic nitrogens is 1. The lowest BCUT2D eigenvalue weighted by atomic mass is 10.0. The topological polar surface area (TPSA) is 53.4 Å². The number of likely N-dealkylation sites (tertiary alicyclic amines) is 1. The first-order valence-electron chi connectivity index (χ1n) is 7.50. The van der Waals surface area contributed by atoms with Gasteiger partial charge >= 0.3 is 5.97 Å². The zero-order valence-electron chi connectivity index (χ0n) is 12.9. The van der Waals surface area contributed by atoms with Crippen molar-refractivity contribution < 1.29 is 9.90 Å². The molecule has 1 aliphatic rings. The highest BCUT2D eigenvalue weighted by atomic mass is 16.4. The molecule has 2 rings (SSSR count). The standard InChI is InChI=1S/C14H20N2O2.C2H6/c1-10(2)13(14(17)18)16-9-5-7-12(16)11-6-3-4-8-15-11;1-2/h3-4,6,8,10,12-13H,5,7,9H2,1-2H3,(H,17,18);1-2H3/t12-,13?;/m1./s1. The molecule has 0 bridgehead atoms. The molecular formula is C16H26N2O2. The fraction of sp³-hybridized carbons (Fsp3) is 0.625. The van der Waals surface area contributed by atoms with E-state index < -0.39 is 12.0 Å². The molecule has 0 amide bonds. The third-order valence-corrected chi connectivity index (χ3v) is 3.57. The van der Waals surface area contributed by atoms with Crippen LogP contribution in [-0.2, 0) is 4.79 Å². The molecule has 1 saturated heterocycles. The first-order chi connectivity index (χ1) is 9.61. The second-order valence-electron chi connectivity index (χ2n) is 5.18. The fourth-order valence-corrected chi connectivity index (χ4v) is 2.82. The summed E-state index contributed by atoms with van der Waals surface area (Å²) in [6.45, 7) is 8.77. The Morgan fingerprint density at radius 3 is 2.60 bits per heavy atom. The maximum Gasteiger partial charge on any atom is 0.321 e. The zero-order chi connectivity index (χ0) is 15.1. The van der Waals surface area contributed by atoms with Crippen molar-refractivity contribution in [2.24, 2.45) is 5.92 Å². The van der Waals surface area contributed by atoms with E-state index in [9.17, 15) is 9.90 Å². The maximum atomic E-state index is 11.4. The van der Waals surface area contributed by atoms with E-state index in [1.54, 1.807) is 6.20 Å².